The van der Waals surface area contributed by atoms with E-state index in [1.807, 2.05) is 17.0 Å². The van der Waals surface area contributed by atoms with E-state index < -0.39 is 18.3 Å². The topological polar surface area (TPSA) is 112 Å². The smallest absolute Gasteiger partial charge is 0.484 e. The summed E-state index contributed by atoms with van der Waals surface area (Å²) in [7, 11) is 0. The Bertz CT molecular complexity index is 1250. The van der Waals surface area contributed by atoms with Gasteiger partial charge in [-0.15, -0.1) is 13.2 Å². The standard InChI is InChI=1S/C32H42F3N5O5/c1-23(41)39-17-19-40(20-18-39)26-9-13-27(14-10-26)44-22-30(42)38-29(21-24-5-3-2-4-6-24)31(43)37-16-15-36-25-7-11-28(12-8-25)45-32(33,34)35/h7-14,24,29,36H,2-6,15-22H2,1H3,(H,37,43)(H,38,42). The maximum atomic E-state index is 13.1. The number of nitrogens with one attached hydrogen (secondary N) is 3. The number of nitrogens with zero attached hydrogens (tertiary/aromatic N) is 2. The third-order valence-corrected chi connectivity index (χ3v) is 8.08. The molecule has 3 amide bonds. The Labute approximate surface area is 261 Å². The zero-order chi connectivity index (χ0) is 32.2. The molecular formula is C32H42F3N5O5. The summed E-state index contributed by atoms with van der Waals surface area (Å²) in [6, 6.07) is 12.1. The van der Waals surface area contributed by atoms with E-state index >= 15 is 0 Å². The van der Waals surface area contributed by atoms with E-state index in [1.165, 1.54) is 30.7 Å². The van der Waals surface area contributed by atoms with E-state index in [9.17, 15) is 27.6 Å². The number of hydrogen-bond acceptors (Lipinski definition) is 7. The molecule has 1 aliphatic carbocycles. The van der Waals surface area contributed by atoms with Gasteiger partial charge in [-0.2, -0.15) is 0 Å². The van der Waals surface area contributed by atoms with Gasteiger partial charge in [0.05, 0.1) is 0 Å². The fourth-order valence-electron chi connectivity index (χ4n) is 5.70. The lowest BCUT2D eigenvalue weighted by molar-refractivity contribution is -0.274. The molecule has 1 saturated heterocycles. The molecule has 2 aromatic carbocycles. The van der Waals surface area contributed by atoms with E-state index in [4.69, 9.17) is 4.74 Å². The summed E-state index contributed by atoms with van der Waals surface area (Å²) in [4.78, 5) is 41.6. The minimum atomic E-state index is -4.75. The van der Waals surface area contributed by atoms with Crippen molar-refractivity contribution >= 4 is 29.1 Å². The fourth-order valence-corrected chi connectivity index (χ4v) is 5.70. The molecule has 3 N–H and O–H groups in total. The van der Waals surface area contributed by atoms with Gasteiger partial charge in [0.15, 0.2) is 6.61 Å². The average molecular weight is 634 g/mol. The van der Waals surface area contributed by atoms with Gasteiger partial charge in [0.1, 0.15) is 17.5 Å². The Kier molecular flexibility index (Phi) is 12.2. The van der Waals surface area contributed by atoms with Gasteiger partial charge in [0, 0.05) is 57.6 Å². The van der Waals surface area contributed by atoms with Crippen LogP contribution < -0.4 is 30.3 Å². The van der Waals surface area contributed by atoms with Crippen LogP contribution in [0.4, 0.5) is 24.5 Å². The van der Waals surface area contributed by atoms with Gasteiger partial charge in [-0.3, -0.25) is 14.4 Å². The summed E-state index contributed by atoms with van der Waals surface area (Å²) < 4.78 is 46.7. The van der Waals surface area contributed by atoms with Gasteiger partial charge in [-0.05, 0) is 60.9 Å². The summed E-state index contributed by atoms with van der Waals surface area (Å²) in [6.45, 7) is 4.78. The highest BCUT2D eigenvalue weighted by Gasteiger charge is 2.31. The number of ether oxygens (including phenoxy) is 2. The summed E-state index contributed by atoms with van der Waals surface area (Å²) >= 11 is 0. The molecule has 2 fully saturated rings. The Morgan fingerprint density at radius 3 is 2.16 bits per heavy atom. The van der Waals surface area contributed by atoms with Crippen LogP contribution in [-0.4, -0.2) is 80.9 Å². The molecule has 4 rings (SSSR count). The molecule has 10 nitrogen and oxygen atoms in total. The van der Waals surface area contributed by atoms with Crippen LogP contribution in [-0.2, 0) is 14.4 Å². The Hall–Kier alpha value is -4.16. The number of piperazine rings is 1. The van der Waals surface area contributed by atoms with Crippen molar-refractivity contribution in [3.8, 4) is 11.5 Å². The lowest BCUT2D eigenvalue weighted by Crippen LogP contribution is -2.49. The number of benzene rings is 2. The second-order valence-corrected chi connectivity index (χ2v) is 11.4. The largest absolute Gasteiger partial charge is 0.573 e. The van der Waals surface area contributed by atoms with E-state index in [-0.39, 0.29) is 30.7 Å². The number of halogens is 3. The first-order valence-corrected chi connectivity index (χ1v) is 15.5. The number of carbonyl (C=O) groups is 3. The third kappa shape index (κ3) is 11.4. The van der Waals surface area contributed by atoms with Crippen LogP contribution in [0.1, 0.15) is 45.4 Å². The first kappa shape index (κ1) is 33.7. The number of rotatable bonds is 13. The van der Waals surface area contributed by atoms with Gasteiger partial charge in [-0.1, -0.05) is 32.1 Å². The molecule has 2 aromatic rings. The molecule has 1 aliphatic heterocycles. The quantitative estimate of drug-likeness (QED) is 0.282. The zero-order valence-corrected chi connectivity index (χ0v) is 25.5. The van der Waals surface area contributed by atoms with Crippen molar-refractivity contribution < 1.29 is 37.0 Å². The molecule has 0 aromatic heterocycles. The molecule has 0 bridgehead atoms. The van der Waals surface area contributed by atoms with Crippen molar-refractivity contribution in [1.29, 1.82) is 0 Å². The van der Waals surface area contributed by atoms with Crippen LogP contribution in [0.3, 0.4) is 0 Å². The second-order valence-electron chi connectivity index (χ2n) is 11.4. The van der Waals surface area contributed by atoms with Crippen molar-refractivity contribution in [2.45, 2.75) is 57.9 Å². The molecule has 0 radical (unpaired) electrons. The highest BCUT2D eigenvalue weighted by molar-refractivity contribution is 5.88. The zero-order valence-electron chi connectivity index (χ0n) is 25.5. The van der Waals surface area contributed by atoms with Crippen LogP contribution in [0, 0.1) is 5.92 Å². The SMILES string of the molecule is CC(=O)N1CCN(c2ccc(OCC(=O)NC(CC3CCCCC3)C(=O)NCCNc3ccc(OC(F)(F)F)cc3)cc2)CC1. The number of alkyl halides is 3. The van der Waals surface area contributed by atoms with Crippen molar-refractivity contribution in [3.63, 3.8) is 0 Å². The van der Waals surface area contributed by atoms with E-state index in [0.717, 1.165) is 44.5 Å². The minimum Gasteiger partial charge on any atom is -0.484 e. The van der Waals surface area contributed by atoms with Crippen LogP contribution in [0.5, 0.6) is 11.5 Å². The monoisotopic (exact) mass is 633 g/mol. The number of anilines is 2. The lowest BCUT2D eigenvalue weighted by Gasteiger charge is -2.35. The first-order valence-electron chi connectivity index (χ1n) is 15.5. The maximum Gasteiger partial charge on any atom is 0.573 e. The first-order chi connectivity index (χ1) is 21.6. The van der Waals surface area contributed by atoms with Crippen molar-refractivity contribution in [2.75, 3.05) is 56.1 Å². The third-order valence-electron chi connectivity index (χ3n) is 8.08. The molecule has 1 atom stereocenters. The van der Waals surface area contributed by atoms with Crippen LogP contribution in [0.15, 0.2) is 48.5 Å². The number of carbonyl (C=O) groups excluding carboxylic acids is 3. The van der Waals surface area contributed by atoms with Gasteiger partial charge >= 0.3 is 6.36 Å². The van der Waals surface area contributed by atoms with Crippen molar-refractivity contribution in [1.82, 2.24) is 15.5 Å². The summed E-state index contributed by atoms with van der Waals surface area (Å²) in [5.74, 6) is -0.0412. The molecule has 13 heteroatoms. The lowest BCUT2D eigenvalue weighted by atomic mass is 9.84. The molecule has 1 heterocycles. The molecule has 1 unspecified atom stereocenters. The predicted molar refractivity (Wildman–Crippen MR) is 164 cm³/mol. The maximum absolute atomic E-state index is 13.1. The van der Waals surface area contributed by atoms with Crippen molar-refractivity contribution in [3.05, 3.63) is 48.5 Å². The van der Waals surface area contributed by atoms with Crippen LogP contribution >= 0.6 is 0 Å². The highest BCUT2D eigenvalue weighted by atomic mass is 19.4. The molecule has 45 heavy (non-hydrogen) atoms. The molecular weight excluding hydrogens is 591 g/mol. The summed E-state index contributed by atoms with van der Waals surface area (Å²) in [5.41, 5.74) is 1.59. The summed E-state index contributed by atoms with van der Waals surface area (Å²) in [5, 5.41) is 8.75. The molecule has 2 aliphatic rings. The van der Waals surface area contributed by atoms with Gasteiger partial charge in [0.25, 0.3) is 5.91 Å². The highest BCUT2D eigenvalue weighted by Crippen LogP contribution is 2.28. The molecule has 0 spiro atoms. The van der Waals surface area contributed by atoms with E-state index in [2.05, 4.69) is 25.6 Å². The minimum absolute atomic E-state index is 0.0813. The average Bonchev–Trinajstić information content (AvgIpc) is 3.02. The Balaban J connectivity index is 1.23. The second kappa shape index (κ2) is 16.2. The summed E-state index contributed by atoms with van der Waals surface area (Å²) in [6.07, 6.45) is 1.21. The number of hydrogen-bond donors (Lipinski definition) is 3. The molecule has 1 saturated carbocycles. The van der Waals surface area contributed by atoms with E-state index in [0.29, 0.717) is 43.4 Å². The van der Waals surface area contributed by atoms with E-state index in [1.54, 1.807) is 19.1 Å². The predicted octanol–water partition coefficient (Wildman–Crippen LogP) is 4.32. The van der Waals surface area contributed by atoms with Gasteiger partial charge in [0.2, 0.25) is 11.8 Å². The van der Waals surface area contributed by atoms with Crippen LogP contribution in [0.2, 0.25) is 0 Å². The van der Waals surface area contributed by atoms with Gasteiger partial charge < -0.3 is 35.2 Å². The molecule has 246 valence electrons. The Morgan fingerprint density at radius 2 is 1.53 bits per heavy atom. The number of amides is 3. The van der Waals surface area contributed by atoms with Crippen LogP contribution in [0.25, 0.3) is 0 Å². The normalized spacial score (nSPS) is 16.4. The Morgan fingerprint density at radius 1 is 0.889 bits per heavy atom. The van der Waals surface area contributed by atoms with Crippen molar-refractivity contribution in [2.24, 2.45) is 5.92 Å². The van der Waals surface area contributed by atoms with Gasteiger partial charge in [-0.25, -0.2) is 0 Å². The fraction of sp³-hybridized carbons (Fsp3) is 0.531.